The van der Waals surface area contributed by atoms with Gasteiger partial charge in [-0.15, -0.1) is 11.3 Å². The van der Waals surface area contributed by atoms with Gasteiger partial charge in [0.2, 0.25) is 0 Å². The summed E-state index contributed by atoms with van der Waals surface area (Å²) in [7, 11) is 2.04. The molecule has 4 heteroatoms. The zero-order valence-electron chi connectivity index (χ0n) is 11.3. The van der Waals surface area contributed by atoms with Crippen molar-refractivity contribution in [2.45, 2.75) is 39.3 Å². The normalized spacial score (nSPS) is 12.8. The van der Waals surface area contributed by atoms with Crippen molar-refractivity contribution in [1.82, 2.24) is 15.1 Å². The van der Waals surface area contributed by atoms with Crippen LogP contribution >= 0.6 is 11.3 Å². The molecule has 0 saturated heterocycles. The fourth-order valence-electron chi connectivity index (χ4n) is 2.24. The average Bonchev–Trinajstić information content (AvgIpc) is 2.98. The third kappa shape index (κ3) is 3.21. The highest BCUT2D eigenvalue weighted by Gasteiger charge is 2.12. The van der Waals surface area contributed by atoms with Gasteiger partial charge in [-0.2, -0.15) is 5.10 Å². The predicted octanol–water partition coefficient (Wildman–Crippen LogP) is 2.65. The molecule has 2 heterocycles. The molecule has 1 N–H and O–H groups in total. The van der Waals surface area contributed by atoms with Crippen molar-refractivity contribution in [2.75, 3.05) is 7.05 Å². The second-order valence-electron chi connectivity index (χ2n) is 4.57. The molecule has 3 nitrogen and oxygen atoms in total. The summed E-state index contributed by atoms with van der Waals surface area (Å²) in [5, 5.41) is 10.1. The molecule has 0 aliphatic rings. The number of nitrogens with one attached hydrogen (secondary N) is 1. The number of likely N-dealkylation sites (N-methyl/N-ethyl adjacent to an activating group) is 1. The van der Waals surface area contributed by atoms with E-state index >= 15 is 0 Å². The van der Waals surface area contributed by atoms with Gasteiger partial charge < -0.3 is 5.32 Å². The van der Waals surface area contributed by atoms with Crippen molar-refractivity contribution in [3.8, 4) is 0 Å². The van der Waals surface area contributed by atoms with Gasteiger partial charge in [0.05, 0.1) is 5.69 Å². The minimum atomic E-state index is 0.477. The van der Waals surface area contributed by atoms with Crippen LogP contribution < -0.4 is 5.32 Å². The first-order valence-electron chi connectivity index (χ1n) is 6.46. The van der Waals surface area contributed by atoms with E-state index in [1.165, 1.54) is 10.6 Å². The lowest BCUT2D eigenvalue weighted by molar-refractivity contribution is 0.522. The minimum absolute atomic E-state index is 0.477. The van der Waals surface area contributed by atoms with Crippen molar-refractivity contribution in [2.24, 2.45) is 0 Å². The maximum atomic E-state index is 4.51. The Morgan fingerprint density at radius 1 is 1.44 bits per heavy atom. The molecule has 98 valence electrons. The summed E-state index contributed by atoms with van der Waals surface area (Å²) < 4.78 is 2.11. The van der Waals surface area contributed by atoms with E-state index < -0.39 is 0 Å². The van der Waals surface area contributed by atoms with Crippen molar-refractivity contribution >= 4 is 11.3 Å². The van der Waals surface area contributed by atoms with Crippen LogP contribution in [0, 0.1) is 6.92 Å². The lowest BCUT2D eigenvalue weighted by Crippen LogP contribution is -2.30. The molecule has 0 radical (unpaired) electrons. The van der Waals surface area contributed by atoms with Crippen LogP contribution in [0.15, 0.2) is 23.6 Å². The second-order valence-corrected chi connectivity index (χ2v) is 5.60. The van der Waals surface area contributed by atoms with E-state index in [1.807, 2.05) is 18.4 Å². The maximum Gasteiger partial charge on any atom is 0.0596 e. The minimum Gasteiger partial charge on any atom is -0.316 e. The summed E-state index contributed by atoms with van der Waals surface area (Å²) in [5.41, 5.74) is 2.43. The van der Waals surface area contributed by atoms with Crippen LogP contribution in [0.4, 0.5) is 0 Å². The van der Waals surface area contributed by atoms with Crippen molar-refractivity contribution in [1.29, 1.82) is 0 Å². The average molecular weight is 263 g/mol. The lowest BCUT2D eigenvalue weighted by atomic mass is 10.1. The summed E-state index contributed by atoms with van der Waals surface area (Å²) in [4.78, 5) is 1.44. The number of thiophene rings is 1. The predicted molar refractivity (Wildman–Crippen MR) is 77.2 cm³/mol. The monoisotopic (exact) mass is 263 g/mol. The molecule has 1 atom stereocenters. The molecule has 0 aromatic carbocycles. The highest BCUT2D eigenvalue weighted by molar-refractivity contribution is 7.09. The zero-order valence-corrected chi connectivity index (χ0v) is 12.1. The molecule has 0 aliphatic heterocycles. The molecule has 0 bridgehead atoms. The van der Waals surface area contributed by atoms with E-state index in [0.717, 1.165) is 25.1 Å². The topological polar surface area (TPSA) is 29.9 Å². The van der Waals surface area contributed by atoms with Crippen LogP contribution in [0.2, 0.25) is 0 Å². The van der Waals surface area contributed by atoms with Crippen molar-refractivity contribution < 1.29 is 0 Å². The van der Waals surface area contributed by atoms with Crippen LogP contribution in [0.3, 0.4) is 0 Å². The molecule has 2 aromatic rings. The van der Waals surface area contributed by atoms with E-state index in [-0.39, 0.29) is 0 Å². The molecule has 18 heavy (non-hydrogen) atoms. The number of aromatic nitrogens is 2. The number of rotatable bonds is 6. The first-order valence-corrected chi connectivity index (χ1v) is 7.33. The van der Waals surface area contributed by atoms with Gasteiger partial charge in [-0.25, -0.2) is 0 Å². The van der Waals surface area contributed by atoms with E-state index in [9.17, 15) is 0 Å². The van der Waals surface area contributed by atoms with Gasteiger partial charge in [0.25, 0.3) is 0 Å². The summed E-state index contributed by atoms with van der Waals surface area (Å²) >= 11 is 1.83. The van der Waals surface area contributed by atoms with Gasteiger partial charge in [-0.1, -0.05) is 6.07 Å². The van der Waals surface area contributed by atoms with Crippen LogP contribution in [0.25, 0.3) is 0 Å². The molecule has 2 aromatic heterocycles. The van der Waals surface area contributed by atoms with Gasteiger partial charge in [-0.3, -0.25) is 4.68 Å². The van der Waals surface area contributed by atoms with Crippen LogP contribution in [0.1, 0.15) is 23.2 Å². The highest BCUT2D eigenvalue weighted by Crippen LogP contribution is 2.14. The Labute approximate surface area is 113 Å². The summed E-state index contributed by atoms with van der Waals surface area (Å²) in [6, 6.07) is 7.00. The van der Waals surface area contributed by atoms with Crippen molar-refractivity contribution in [3.63, 3.8) is 0 Å². The standard InChI is InChI=1S/C14H21N3S/c1-4-17-13(8-11(2)16-17)9-12(15-3)10-14-6-5-7-18-14/h5-8,12,15H,4,9-10H2,1-3H3. The molecular formula is C14H21N3S. The highest BCUT2D eigenvalue weighted by atomic mass is 32.1. The molecule has 2 rings (SSSR count). The molecular weight excluding hydrogens is 242 g/mol. The number of hydrogen-bond acceptors (Lipinski definition) is 3. The van der Waals surface area contributed by atoms with E-state index in [0.29, 0.717) is 6.04 Å². The third-order valence-corrected chi connectivity index (χ3v) is 4.08. The first kappa shape index (κ1) is 13.3. The van der Waals surface area contributed by atoms with Gasteiger partial charge in [0.1, 0.15) is 0 Å². The lowest BCUT2D eigenvalue weighted by Gasteiger charge is -2.15. The molecule has 1 unspecified atom stereocenters. The summed E-state index contributed by atoms with van der Waals surface area (Å²) in [5.74, 6) is 0. The Hall–Kier alpha value is -1.13. The van der Waals surface area contributed by atoms with Gasteiger partial charge in [-0.05, 0) is 44.8 Å². The van der Waals surface area contributed by atoms with Gasteiger partial charge in [0, 0.05) is 29.6 Å². The Balaban J connectivity index is 2.05. The van der Waals surface area contributed by atoms with E-state index in [4.69, 9.17) is 0 Å². The van der Waals surface area contributed by atoms with Crippen LogP contribution in [0.5, 0.6) is 0 Å². The van der Waals surface area contributed by atoms with E-state index in [1.54, 1.807) is 0 Å². The molecule has 0 spiro atoms. The third-order valence-electron chi connectivity index (χ3n) is 3.18. The Kier molecular flexibility index (Phi) is 4.55. The van der Waals surface area contributed by atoms with Crippen LogP contribution in [-0.4, -0.2) is 22.9 Å². The molecule has 0 fully saturated rings. The molecule has 0 aliphatic carbocycles. The Morgan fingerprint density at radius 2 is 2.28 bits per heavy atom. The quantitative estimate of drug-likeness (QED) is 0.868. The smallest absolute Gasteiger partial charge is 0.0596 e. The Bertz CT molecular complexity index is 473. The first-order chi connectivity index (χ1) is 8.72. The van der Waals surface area contributed by atoms with Gasteiger partial charge >= 0.3 is 0 Å². The fourth-order valence-corrected chi connectivity index (χ4v) is 3.02. The second kappa shape index (κ2) is 6.16. The number of aryl methyl sites for hydroxylation is 2. The van der Waals surface area contributed by atoms with E-state index in [2.05, 4.69) is 52.5 Å². The summed E-state index contributed by atoms with van der Waals surface area (Å²) in [6.45, 7) is 5.14. The molecule has 0 amide bonds. The van der Waals surface area contributed by atoms with Gasteiger partial charge in [0.15, 0.2) is 0 Å². The van der Waals surface area contributed by atoms with Crippen molar-refractivity contribution in [3.05, 3.63) is 39.8 Å². The maximum absolute atomic E-state index is 4.51. The van der Waals surface area contributed by atoms with Crippen LogP contribution in [-0.2, 0) is 19.4 Å². The largest absolute Gasteiger partial charge is 0.316 e. The number of nitrogens with zero attached hydrogens (tertiary/aromatic N) is 2. The zero-order chi connectivity index (χ0) is 13.0. The SMILES string of the molecule is CCn1nc(C)cc1CC(Cc1cccs1)NC. The Morgan fingerprint density at radius 3 is 2.89 bits per heavy atom. The fraction of sp³-hybridized carbons (Fsp3) is 0.500. The summed E-state index contributed by atoms with van der Waals surface area (Å²) in [6.07, 6.45) is 2.12. The number of hydrogen-bond donors (Lipinski definition) is 1. The molecule has 0 saturated carbocycles.